The van der Waals surface area contributed by atoms with Crippen molar-refractivity contribution < 1.29 is 10.2 Å². The first-order chi connectivity index (χ1) is 9.28. The Kier molecular flexibility index (Phi) is 3.84. The van der Waals surface area contributed by atoms with Gasteiger partial charge in [0.05, 0.1) is 6.10 Å². The molecule has 0 radical (unpaired) electrons. The van der Waals surface area contributed by atoms with Gasteiger partial charge in [-0.3, -0.25) is 4.90 Å². The Balaban J connectivity index is 1.72. The second-order valence-electron chi connectivity index (χ2n) is 5.29. The van der Waals surface area contributed by atoms with Gasteiger partial charge in [-0.2, -0.15) is 0 Å². The SMILES string of the molecule is OC[C@H]1CCN(Cc2csc3ccccc23)C[C@H]1O. The molecule has 1 saturated heterocycles. The normalized spacial score (nSPS) is 24.9. The van der Waals surface area contributed by atoms with Gasteiger partial charge in [-0.15, -0.1) is 11.3 Å². The zero-order valence-electron chi connectivity index (χ0n) is 10.8. The summed E-state index contributed by atoms with van der Waals surface area (Å²) in [6.07, 6.45) is 0.475. The van der Waals surface area contributed by atoms with Crippen molar-refractivity contribution in [2.24, 2.45) is 5.92 Å². The lowest BCUT2D eigenvalue weighted by atomic mass is 9.94. The Morgan fingerprint density at radius 3 is 2.95 bits per heavy atom. The smallest absolute Gasteiger partial charge is 0.0717 e. The third-order valence-corrected chi connectivity index (χ3v) is 5.01. The summed E-state index contributed by atoms with van der Waals surface area (Å²) >= 11 is 1.78. The molecule has 0 amide bonds. The third-order valence-electron chi connectivity index (χ3n) is 4.00. The molecule has 0 unspecified atom stereocenters. The summed E-state index contributed by atoms with van der Waals surface area (Å²) in [7, 11) is 0. The van der Waals surface area contributed by atoms with Gasteiger partial charge in [0, 0.05) is 30.3 Å². The molecule has 1 aromatic carbocycles. The molecular formula is C15H19NO2S. The molecule has 0 aliphatic carbocycles. The van der Waals surface area contributed by atoms with Gasteiger partial charge in [0.25, 0.3) is 0 Å². The number of nitrogens with zero attached hydrogens (tertiary/aromatic N) is 1. The van der Waals surface area contributed by atoms with Gasteiger partial charge in [0.15, 0.2) is 0 Å². The lowest BCUT2D eigenvalue weighted by molar-refractivity contribution is -0.00429. The number of piperidine rings is 1. The van der Waals surface area contributed by atoms with E-state index in [1.807, 2.05) is 0 Å². The molecule has 4 heteroatoms. The van der Waals surface area contributed by atoms with Crippen molar-refractivity contribution >= 4 is 21.4 Å². The molecule has 2 aromatic rings. The second-order valence-corrected chi connectivity index (χ2v) is 6.20. The summed E-state index contributed by atoms with van der Waals surface area (Å²) < 4.78 is 1.32. The minimum atomic E-state index is -0.399. The molecule has 2 heterocycles. The molecule has 1 fully saturated rings. The van der Waals surface area contributed by atoms with Crippen molar-refractivity contribution in [2.45, 2.75) is 19.1 Å². The molecule has 1 aliphatic rings. The fourth-order valence-electron chi connectivity index (χ4n) is 2.80. The van der Waals surface area contributed by atoms with Crippen LogP contribution in [-0.4, -0.2) is 40.9 Å². The molecule has 0 bridgehead atoms. The third kappa shape index (κ3) is 2.67. The van der Waals surface area contributed by atoms with Crippen LogP contribution in [0, 0.1) is 5.92 Å². The van der Waals surface area contributed by atoms with E-state index in [1.165, 1.54) is 15.6 Å². The van der Waals surface area contributed by atoms with Crippen LogP contribution < -0.4 is 0 Å². The van der Waals surface area contributed by atoms with Gasteiger partial charge in [-0.1, -0.05) is 18.2 Å². The Morgan fingerprint density at radius 2 is 2.16 bits per heavy atom. The van der Waals surface area contributed by atoms with E-state index in [-0.39, 0.29) is 12.5 Å². The minimum absolute atomic E-state index is 0.0514. The standard InChI is InChI=1S/C15H19NO2S/c17-9-11-5-6-16(8-14(11)18)7-12-10-19-15-4-2-1-3-13(12)15/h1-4,10-11,14,17-18H,5-9H2/t11-,14-/m1/s1. The van der Waals surface area contributed by atoms with E-state index in [1.54, 1.807) is 11.3 Å². The van der Waals surface area contributed by atoms with Crippen molar-refractivity contribution in [3.63, 3.8) is 0 Å². The Bertz CT molecular complexity index is 554. The summed E-state index contributed by atoms with van der Waals surface area (Å²) in [4.78, 5) is 2.28. The predicted molar refractivity (Wildman–Crippen MR) is 78.3 cm³/mol. The number of aliphatic hydroxyl groups is 2. The van der Waals surface area contributed by atoms with E-state index in [2.05, 4.69) is 34.5 Å². The van der Waals surface area contributed by atoms with Crippen LogP contribution in [0.15, 0.2) is 29.6 Å². The van der Waals surface area contributed by atoms with Gasteiger partial charge in [0.2, 0.25) is 0 Å². The molecule has 3 nitrogen and oxygen atoms in total. The van der Waals surface area contributed by atoms with Crippen LogP contribution in [0.1, 0.15) is 12.0 Å². The van der Waals surface area contributed by atoms with E-state index in [9.17, 15) is 5.11 Å². The van der Waals surface area contributed by atoms with Crippen molar-refractivity contribution in [3.05, 3.63) is 35.2 Å². The van der Waals surface area contributed by atoms with Crippen LogP contribution in [0.25, 0.3) is 10.1 Å². The van der Waals surface area contributed by atoms with E-state index in [4.69, 9.17) is 5.11 Å². The van der Waals surface area contributed by atoms with Crippen molar-refractivity contribution in [3.8, 4) is 0 Å². The molecule has 102 valence electrons. The number of rotatable bonds is 3. The molecule has 1 aromatic heterocycles. The molecule has 0 saturated carbocycles. The van der Waals surface area contributed by atoms with Gasteiger partial charge in [0.1, 0.15) is 0 Å². The lowest BCUT2D eigenvalue weighted by Gasteiger charge is -2.35. The van der Waals surface area contributed by atoms with E-state index in [0.717, 1.165) is 19.5 Å². The topological polar surface area (TPSA) is 43.7 Å². The molecule has 3 rings (SSSR count). The maximum atomic E-state index is 9.98. The highest BCUT2D eigenvalue weighted by Gasteiger charge is 2.27. The highest BCUT2D eigenvalue weighted by Crippen LogP contribution is 2.28. The molecule has 2 atom stereocenters. The number of hydrogen-bond acceptors (Lipinski definition) is 4. The quantitative estimate of drug-likeness (QED) is 0.903. The number of fused-ring (bicyclic) bond motifs is 1. The first kappa shape index (κ1) is 13.1. The maximum Gasteiger partial charge on any atom is 0.0717 e. The fraction of sp³-hybridized carbons (Fsp3) is 0.467. The first-order valence-electron chi connectivity index (χ1n) is 6.74. The van der Waals surface area contributed by atoms with Crippen LogP contribution >= 0.6 is 11.3 Å². The number of β-amino-alcohol motifs (C(OH)–C–C–N with tert-alkyl or cyclic N) is 1. The minimum Gasteiger partial charge on any atom is -0.396 e. The monoisotopic (exact) mass is 277 g/mol. The predicted octanol–water partition coefficient (Wildman–Crippen LogP) is 2.08. The number of benzene rings is 1. The zero-order chi connectivity index (χ0) is 13.2. The van der Waals surface area contributed by atoms with Crippen LogP contribution in [0.2, 0.25) is 0 Å². The molecule has 1 aliphatic heterocycles. The van der Waals surface area contributed by atoms with Crippen LogP contribution in [0.3, 0.4) is 0 Å². The summed E-state index contributed by atoms with van der Waals surface area (Å²) in [5, 5.41) is 22.7. The van der Waals surface area contributed by atoms with E-state index < -0.39 is 6.10 Å². The summed E-state index contributed by atoms with van der Waals surface area (Å²) in [5.74, 6) is 0.0514. The molecular weight excluding hydrogens is 258 g/mol. The molecule has 0 spiro atoms. The summed E-state index contributed by atoms with van der Waals surface area (Å²) in [6, 6.07) is 8.46. The lowest BCUT2D eigenvalue weighted by Crippen LogP contribution is -2.44. The van der Waals surface area contributed by atoms with Gasteiger partial charge < -0.3 is 10.2 Å². The number of likely N-dealkylation sites (tertiary alicyclic amines) is 1. The fourth-order valence-corrected chi connectivity index (χ4v) is 3.75. The van der Waals surface area contributed by atoms with Crippen molar-refractivity contribution in [1.29, 1.82) is 0 Å². The highest BCUT2D eigenvalue weighted by atomic mass is 32.1. The summed E-state index contributed by atoms with van der Waals surface area (Å²) in [6.45, 7) is 2.59. The van der Waals surface area contributed by atoms with Crippen LogP contribution in [0.4, 0.5) is 0 Å². The average Bonchev–Trinajstić information content (AvgIpc) is 2.83. The van der Waals surface area contributed by atoms with Gasteiger partial charge in [-0.25, -0.2) is 0 Å². The van der Waals surface area contributed by atoms with E-state index in [0.29, 0.717) is 6.54 Å². The van der Waals surface area contributed by atoms with Crippen LogP contribution in [0.5, 0.6) is 0 Å². The Morgan fingerprint density at radius 1 is 1.32 bits per heavy atom. The van der Waals surface area contributed by atoms with Gasteiger partial charge >= 0.3 is 0 Å². The average molecular weight is 277 g/mol. The Hall–Kier alpha value is -0.940. The van der Waals surface area contributed by atoms with Crippen molar-refractivity contribution in [2.75, 3.05) is 19.7 Å². The maximum absolute atomic E-state index is 9.98. The van der Waals surface area contributed by atoms with Crippen molar-refractivity contribution in [1.82, 2.24) is 4.90 Å². The summed E-state index contributed by atoms with van der Waals surface area (Å²) in [5.41, 5.74) is 1.34. The molecule has 19 heavy (non-hydrogen) atoms. The molecule has 2 N–H and O–H groups in total. The zero-order valence-corrected chi connectivity index (χ0v) is 11.6. The highest BCUT2D eigenvalue weighted by molar-refractivity contribution is 7.17. The first-order valence-corrected chi connectivity index (χ1v) is 7.62. The Labute approximate surface area is 117 Å². The number of hydrogen-bond donors (Lipinski definition) is 2. The van der Waals surface area contributed by atoms with Crippen LogP contribution in [-0.2, 0) is 6.54 Å². The van der Waals surface area contributed by atoms with E-state index >= 15 is 0 Å². The number of thiophene rings is 1. The van der Waals surface area contributed by atoms with Gasteiger partial charge in [-0.05, 0) is 35.4 Å². The number of aliphatic hydroxyl groups excluding tert-OH is 2. The largest absolute Gasteiger partial charge is 0.396 e. The second kappa shape index (κ2) is 5.59.